The number of nitrogens with one attached hydrogen (secondary N) is 1. The van der Waals surface area contributed by atoms with Crippen molar-refractivity contribution in [3.05, 3.63) is 92.8 Å². The number of anilines is 1. The van der Waals surface area contributed by atoms with Crippen molar-refractivity contribution in [2.45, 2.75) is 58.2 Å². The van der Waals surface area contributed by atoms with Crippen LogP contribution in [0.15, 0.2) is 53.6 Å². The second kappa shape index (κ2) is 13.1. The van der Waals surface area contributed by atoms with E-state index in [1.165, 1.54) is 13.0 Å². The Bertz CT molecular complexity index is 1950. The molecule has 1 N–H and O–H groups in total. The van der Waals surface area contributed by atoms with Crippen LogP contribution >= 0.6 is 0 Å². The van der Waals surface area contributed by atoms with Crippen LogP contribution in [0.5, 0.6) is 0 Å². The van der Waals surface area contributed by atoms with Gasteiger partial charge in [-0.1, -0.05) is 19.1 Å². The molecule has 2 aromatic heterocycles. The quantitative estimate of drug-likeness (QED) is 0.259. The second-order valence-electron chi connectivity index (χ2n) is 12.1. The van der Waals surface area contributed by atoms with E-state index in [0.29, 0.717) is 11.1 Å². The summed E-state index contributed by atoms with van der Waals surface area (Å²) in [5.74, 6) is -2.13. The van der Waals surface area contributed by atoms with Crippen molar-refractivity contribution in [2.75, 3.05) is 24.7 Å². The summed E-state index contributed by atoms with van der Waals surface area (Å²) in [6.45, 7) is 2.95. The Morgan fingerprint density at radius 3 is 2.58 bits per heavy atom. The molecule has 1 fully saturated rings. The lowest BCUT2D eigenvalue weighted by molar-refractivity contribution is -0.167. The fourth-order valence-electron chi connectivity index (χ4n) is 6.61. The lowest BCUT2D eigenvalue weighted by atomic mass is 9.90. The number of fused-ring (bicyclic) bond motifs is 2. The number of ketones is 1. The number of morpholine rings is 1. The van der Waals surface area contributed by atoms with Gasteiger partial charge in [-0.05, 0) is 59.0 Å². The van der Waals surface area contributed by atoms with E-state index in [1.54, 1.807) is 55.2 Å². The van der Waals surface area contributed by atoms with Crippen molar-refractivity contribution in [3.63, 3.8) is 0 Å². The molecule has 0 saturated carbocycles. The van der Waals surface area contributed by atoms with Crippen molar-refractivity contribution < 1.29 is 36.6 Å². The summed E-state index contributed by atoms with van der Waals surface area (Å²) in [5, 5.41) is 3.47. The van der Waals surface area contributed by atoms with Crippen molar-refractivity contribution >= 4 is 28.3 Å². The number of hydrogen-bond acceptors (Lipinski definition) is 7. The van der Waals surface area contributed by atoms with E-state index in [2.05, 4.69) is 10.3 Å². The molecular weight excluding hydrogens is 632 g/mol. The lowest BCUT2D eigenvalue weighted by Crippen LogP contribution is -2.53. The molecule has 4 heterocycles. The van der Waals surface area contributed by atoms with E-state index in [-0.39, 0.29) is 67.4 Å². The highest BCUT2D eigenvalue weighted by Gasteiger charge is 2.45. The molecule has 2 aliphatic rings. The van der Waals surface area contributed by atoms with Gasteiger partial charge in [0.15, 0.2) is 5.78 Å². The molecule has 0 bridgehead atoms. The third-order valence-corrected chi connectivity index (χ3v) is 9.14. The molecule has 2 aromatic carbocycles. The number of rotatable bonds is 8. The number of carbonyl (C=O) groups excluding carboxylic acids is 2. The minimum atomic E-state index is -4.60. The number of aromatic nitrogens is 2. The monoisotopic (exact) mass is 666 g/mol. The summed E-state index contributed by atoms with van der Waals surface area (Å²) in [4.78, 5) is 45.2. The molecule has 0 unspecified atom stereocenters. The van der Waals surface area contributed by atoms with E-state index >= 15 is 4.39 Å². The Morgan fingerprint density at radius 1 is 1.08 bits per heavy atom. The Balaban J connectivity index is 1.28. The number of halogens is 4. The van der Waals surface area contributed by atoms with Gasteiger partial charge in [-0.25, -0.2) is 4.39 Å². The maximum Gasteiger partial charge on any atom is 0.411 e. The van der Waals surface area contributed by atoms with Gasteiger partial charge in [0.2, 0.25) is 0 Å². The van der Waals surface area contributed by atoms with Gasteiger partial charge in [0.05, 0.1) is 43.5 Å². The molecule has 0 aliphatic carbocycles. The first-order valence-electron chi connectivity index (χ1n) is 15.6. The molecule has 1 amide bonds. The molecule has 6 rings (SSSR count). The summed E-state index contributed by atoms with van der Waals surface area (Å²) in [7, 11) is 1.70. The number of alkyl halides is 3. The second-order valence-corrected chi connectivity index (χ2v) is 12.1. The van der Waals surface area contributed by atoms with Crippen molar-refractivity contribution in [3.8, 4) is 11.1 Å². The molecule has 13 heteroatoms. The molecule has 2 aliphatic heterocycles. The molecule has 9 nitrogen and oxygen atoms in total. The van der Waals surface area contributed by atoms with Gasteiger partial charge < -0.3 is 24.3 Å². The number of amides is 1. The maximum atomic E-state index is 15.5. The Hall–Kier alpha value is -4.62. The highest BCUT2D eigenvalue weighted by Crippen LogP contribution is 2.35. The SMILES string of the molecule is CCC(=O)[C@H](Cc1ccc(-c2cc3cnccc3n(C)c2=O)c2c1COC2)NC(=O)c1c(C)cc(N2CCOC[C@@H]2C(F)(F)F)cc1F. The standard InChI is InChI=1S/C35H34F4N4O5/c1-4-30(44)28(41-33(45)32-19(2)11-22(14-27(32)36)43-9-10-47-18-31(43)35(37,38)39)13-20-5-6-23(26-17-48-16-25(20)26)24-12-21-15-40-8-7-29(21)42(3)34(24)46/h5-8,11-12,14-15,28,31H,4,9-10,13,16-18H2,1-3H3,(H,41,45)/t28-,31+/m0/s1. The largest absolute Gasteiger partial charge is 0.411 e. The van der Waals surface area contributed by atoms with Crippen LogP contribution in [0.2, 0.25) is 0 Å². The van der Waals surface area contributed by atoms with Crippen LogP contribution in [-0.4, -0.2) is 59.3 Å². The van der Waals surface area contributed by atoms with Gasteiger partial charge >= 0.3 is 6.18 Å². The number of ether oxygens (including phenoxy) is 2. The van der Waals surface area contributed by atoms with Crippen LogP contribution in [0, 0.1) is 12.7 Å². The number of aryl methyl sites for hydroxylation is 2. The van der Waals surface area contributed by atoms with E-state index in [0.717, 1.165) is 38.6 Å². The first-order chi connectivity index (χ1) is 22.9. The van der Waals surface area contributed by atoms with Crippen molar-refractivity contribution in [1.82, 2.24) is 14.9 Å². The zero-order chi connectivity index (χ0) is 34.3. The molecule has 0 radical (unpaired) electrons. The van der Waals surface area contributed by atoms with E-state index in [4.69, 9.17) is 9.47 Å². The molecule has 252 valence electrons. The van der Waals surface area contributed by atoms with Gasteiger partial charge in [-0.3, -0.25) is 19.4 Å². The van der Waals surface area contributed by atoms with Crippen LogP contribution in [0.4, 0.5) is 23.2 Å². The summed E-state index contributed by atoms with van der Waals surface area (Å²) in [5.41, 5.74) is 3.84. The summed E-state index contributed by atoms with van der Waals surface area (Å²) >= 11 is 0. The number of nitrogens with zero attached hydrogens (tertiary/aromatic N) is 3. The molecular formula is C35H34F4N4O5. The number of carbonyl (C=O) groups is 2. The Labute approximate surface area is 273 Å². The normalized spacial score (nSPS) is 17.0. The minimum absolute atomic E-state index is 0.0125. The predicted molar refractivity (Wildman–Crippen MR) is 170 cm³/mol. The summed E-state index contributed by atoms with van der Waals surface area (Å²) in [6.07, 6.45) is -1.10. The van der Waals surface area contributed by atoms with Gasteiger partial charge in [0.25, 0.3) is 11.5 Å². The first kappa shape index (κ1) is 33.3. The van der Waals surface area contributed by atoms with Gasteiger partial charge in [0.1, 0.15) is 11.9 Å². The van der Waals surface area contributed by atoms with Crippen molar-refractivity contribution in [1.29, 1.82) is 0 Å². The van der Waals surface area contributed by atoms with Crippen LogP contribution in [-0.2, 0) is 41.0 Å². The van der Waals surface area contributed by atoms with Gasteiger partial charge in [0, 0.05) is 55.5 Å². The van der Waals surface area contributed by atoms with Crippen LogP contribution < -0.4 is 15.8 Å². The fourth-order valence-corrected chi connectivity index (χ4v) is 6.61. The number of hydrogen-bond donors (Lipinski definition) is 1. The Kier molecular flexibility index (Phi) is 9.10. The average molecular weight is 667 g/mol. The smallest absolute Gasteiger partial charge is 0.377 e. The van der Waals surface area contributed by atoms with Crippen LogP contribution in [0.3, 0.4) is 0 Å². The third kappa shape index (κ3) is 6.19. The minimum Gasteiger partial charge on any atom is -0.377 e. The number of benzene rings is 2. The molecule has 2 atom stereocenters. The molecule has 0 spiro atoms. The molecule has 1 saturated heterocycles. The fraction of sp³-hybridized carbons (Fsp3) is 0.371. The highest BCUT2D eigenvalue weighted by atomic mass is 19.4. The van der Waals surface area contributed by atoms with Crippen LogP contribution in [0.25, 0.3) is 22.0 Å². The lowest BCUT2D eigenvalue weighted by Gasteiger charge is -2.38. The van der Waals surface area contributed by atoms with Gasteiger partial charge in [-0.2, -0.15) is 13.2 Å². The third-order valence-electron chi connectivity index (χ3n) is 9.14. The van der Waals surface area contributed by atoms with E-state index in [1.807, 2.05) is 0 Å². The zero-order valence-corrected chi connectivity index (χ0v) is 26.6. The highest BCUT2D eigenvalue weighted by molar-refractivity contribution is 5.99. The Morgan fingerprint density at radius 2 is 1.85 bits per heavy atom. The first-order valence-corrected chi connectivity index (χ1v) is 15.6. The van der Waals surface area contributed by atoms with E-state index in [9.17, 15) is 27.6 Å². The van der Waals surface area contributed by atoms with Crippen LogP contribution in [0.1, 0.15) is 46.0 Å². The number of pyridine rings is 2. The topological polar surface area (TPSA) is 103 Å². The molecule has 48 heavy (non-hydrogen) atoms. The summed E-state index contributed by atoms with van der Waals surface area (Å²) in [6, 6.07) is 6.46. The summed E-state index contributed by atoms with van der Waals surface area (Å²) < 4.78 is 68.9. The van der Waals surface area contributed by atoms with Crippen molar-refractivity contribution in [2.24, 2.45) is 7.05 Å². The zero-order valence-electron chi connectivity index (χ0n) is 26.6. The average Bonchev–Trinajstić information content (AvgIpc) is 3.56. The molecule has 4 aromatic rings. The van der Waals surface area contributed by atoms with E-state index < -0.39 is 36.6 Å². The maximum absolute atomic E-state index is 15.5. The predicted octanol–water partition coefficient (Wildman–Crippen LogP) is 5.17. The number of Topliss-reactive ketones (excluding diaryl/α,β-unsaturated/α-hetero) is 1. The van der Waals surface area contributed by atoms with Gasteiger partial charge in [-0.15, -0.1) is 0 Å².